The monoisotopic (exact) mass is 255 g/mol. The van der Waals surface area contributed by atoms with Gasteiger partial charge in [-0.05, 0) is 30.2 Å². The Balaban J connectivity index is 2.77. The lowest BCUT2D eigenvalue weighted by Crippen LogP contribution is -2.33. The summed E-state index contributed by atoms with van der Waals surface area (Å²) in [6.45, 7) is 3.39. The lowest BCUT2D eigenvalue weighted by molar-refractivity contribution is -0.147. The van der Waals surface area contributed by atoms with Gasteiger partial charge in [-0.3, -0.25) is 9.59 Å². The van der Waals surface area contributed by atoms with E-state index < -0.39 is 17.8 Å². The van der Waals surface area contributed by atoms with Crippen LogP contribution in [-0.2, 0) is 9.59 Å². The zero-order valence-corrected chi connectivity index (χ0v) is 10.4. The fourth-order valence-corrected chi connectivity index (χ4v) is 1.58. The second-order valence-corrected chi connectivity index (χ2v) is 4.49. The molecule has 92 valence electrons. The summed E-state index contributed by atoms with van der Waals surface area (Å²) in [6.07, 6.45) is 0. The van der Waals surface area contributed by atoms with Crippen molar-refractivity contribution in [1.29, 1.82) is 0 Å². The van der Waals surface area contributed by atoms with Crippen LogP contribution in [0.4, 0.5) is 5.69 Å². The lowest BCUT2D eigenvalue weighted by atomic mass is 9.95. The molecule has 0 bridgehead atoms. The number of carboxylic acids is 1. The largest absolute Gasteiger partial charge is 0.481 e. The highest BCUT2D eigenvalue weighted by molar-refractivity contribution is 6.30. The summed E-state index contributed by atoms with van der Waals surface area (Å²) in [5.41, 5.74) is 0.534. The number of anilines is 1. The van der Waals surface area contributed by atoms with E-state index in [1.54, 1.807) is 38.1 Å². The van der Waals surface area contributed by atoms with Crippen LogP contribution in [0, 0.1) is 11.8 Å². The van der Waals surface area contributed by atoms with E-state index in [1.165, 1.54) is 0 Å². The van der Waals surface area contributed by atoms with Gasteiger partial charge in [-0.25, -0.2) is 0 Å². The quantitative estimate of drug-likeness (QED) is 0.813. The van der Waals surface area contributed by atoms with Crippen molar-refractivity contribution in [1.82, 2.24) is 0 Å². The first-order valence-electron chi connectivity index (χ1n) is 5.21. The first kappa shape index (κ1) is 13.5. The number of carbonyl (C=O) groups excluding carboxylic acids is 1. The third-order valence-corrected chi connectivity index (χ3v) is 2.58. The highest BCUT2D eigenvalue weighted by atomic mass is 35.5. The van der Waals surface area contributed by atoms with Gasteiger partial charge in [0, 0.05) is 10.7 Å². The Morgan fingerprint density at radius 2 is 1.76 bits per heavy atom. The number of amides is 1. The topological polar surface area (TPSA) is 66.4 Å². The molecule has 0 aromatic heterocycles. The van der Waals surface area contributed by atoms with E-state index in [4.69, 9.17) is 16.7 Å². The molecule has 0 saturated heterocycles. The van der Waals surface area contributed by atoms with Gasteiger partial charge in [0.1, 0.15) is 5.92 Å². The highest BCUT2D eigenvalue weighted by Gasteiger charge is 2.29. The third kappa shape index (κ3) is 3.75. The standard InChI is InChI=1S/C12H14ClNO3/c1-7(2)10(12(16)17)11(15)14-9-5-3-8(13)4-6-9/h3-7,10H,1-2H3,(H,14,15)(H,16,17). The van der Waals surface area contributed by atoms with E-state index in [2.05, 4.69) is 5.32 Å². The van der Waals surface area contributed by atoms with Crippen molar-refractivity contribution in [3.63, 3.8) is 0 Å². The van der Waals surface area contributed by atoms with Crippen molar-refractivity contribution in [3.05, 3.63) is 29.3 Å². The molecule has 1 rings (SSSR count). The van der Waals surface area contributed by atoms with Crippen LogP contribution in [0.5, 0.6) is 0 Å². The van der Waals surface area contributed by atoms with Crippen LogP contribution < -0.4 is 5.32 Å². The number of nitrogens with one attached hydrogen (secondary N) is 1. The number of carbonyl (C=O) groups is 2. The summed E-state index contributed by atoms with van der Waals surface area (Å²) in [4.78, 5) is 22.7. The van der Waals surface area contributed by atoms with E-state index in [-0.39, 0.29) is 5.92 Å². The van der Waals surface area contributed by atoms with Gasteiger partial charge in [0.05, 0.1) is 0 Å². The average molecular weight is 256 g/mol. The van der Waals surface area contributed by atoms with Crippen molar-refractivity contribution >= 4 is 29.2 Å². The molecule has 2 N–H and O–H groups in total. The Morgan fingerprint density at radius 3 is 2.18 bits per heavy atom. The minimum atomic E-state index is -1.12. The fraction of sp³-hybridized carbons (Fsp3) is 0.333. The number of hydrogen-bond donors (Lipinski definition) is 2. The molecule has 17 heavy (non-hydrogen) atoms. The molecule has 0 heterocycles. The predicted molar refractivity (Wildman–Crippen MR) is 66.0 cm³/mol. The molecule has 1 amide bonds. The summed E-state index contributed by atoms with van der Waals surface area (Å²) in [6, 6.07) is 6.50. The number of halogens is 1. The molecule has 0 spiro atoms. The second kappa shape index (κ2) is 5.68. The van der Waals surface area contributed by atoms with Crippen LogP contribution in [0.1, 0.15) is 13.8 Å². The number of benzene rings is 1. The Morgan fingerprint density at radius 1 is 1.24 bits per heavy atom. The first-order chi connectivity index (χ1) is 7.91. The molecule has 0 aliphatic heterocycles. The van der Waals surface area contributed by atoms with Gasteiger partial charge in [0.15, 0.2) is 0 Å². The predicted octanol–water partition coefficient (Wildman–Crippen LogP) is 2.64. The van der Waals surface area contributed by atoms with Crippen LogP contribution >= 0.6 is 11.6 Å². The van der Waals surface area contributed by atoms with Crippen LogP contribution in [0.2, 0.25) is 5.02 Å². The minimum Gasteiger partial charge on any atom is -0.481 e. The molecule has 1 aromatic rings. The zero-order valence-electron chi connectivity index (χ0n) is 9.61. The van der Waals surface area contributed by atoms with Gasteiger partial charge >= 0.3 is 5.97 Å². The van der Waals surface area contributed by atoms with Gasteiger partial charge in [-0.1, -0.05) is 25.4 Å². The summed E-state index contributed by atoms with van der Waals surface area (Å²) in [5, 5.41) is 12.1. The first-order valence-corrected chi connectivity index (χ1v) is 5.59. The zero-order chi connectivity index (χ0) is 13.0. The van der Waals surface area contributed by atoms with Crippen molar-refractivity contribution in [2.45, 2.75) is 13.8 Å². The highest BCUT2D eigenvalue weighted by Crippen LogP contribution is 2.17. The fourth-order valence-electron chi connectivity index (χ4n) is 1.45. The number of rotatable bonds is 4. The van der Waals surface area contributed by atoms with Crippen LogP contribution in [0.15, 0.2) is 24.3 Å². The molecule has 1 aromatic carbocycles. The molecule has 0 saturated carbocycles. The molecule has 0 radical (unpaired) electrons. The third-order valence-electron chi connectivity index (χ3n) is 2.33. The molecular weight excluding hydrogens is 242 g/mol. The summed E-state index contributed by atoms with van der Waals surface area (Å²) >= 11 is 5.70. The molecule has 0 fully saturated rings. The molecule has 5 heteroatoms. The van der Waals surface area contributed by atoms with E-state index in [0.717, 1.165) is 0 Å². The van der Waals surface area contributed by atoms with E-state index in [9.17, 15) is 9.59 Å². The van der Waals surface area contributed by atoms with Crippen molar-refractivity contribution in [2.24, 2.45) is 11.8 Å². The van der Waals surface area contributed by atoms with Gasteiger partial charge in [-0.15, -0.1) is 0 Å². The van der Waals surface area contributed by atoms with Crippen LogP contribution in [-0.4, -0.2) is 17.0 Å². The maximum absolute atomic E-state index is 11.8. The smallest absolute Gasteiger partial charge is 0.316 e. The van der Waals surface area contributed by atoms with E-state index in [1.807, 2.05) is 0 Å². The molecule has 0 aliphatic carbocycles. The van der Waals surface area contributed by atoms with E-state index in [0.29, 0.717) is 10.7 Å². The van der Waals surface area contributed by atoms with Crippen LogP contribution in [0.25, 0.3) is 0 Å². The Labute approximate surface area is 105 Å². The summed E-state index contributed by atoms with van der Waals surface area (Å²) in [5.74, 6) is -2.95. The van der Waals surface area contributed by atoms with Crippen LogP contribution in [0.3, 0.4) is 0 Å². The molecular formula is C12H14ClNO3. The minimum absolute atomic E-state index is 0.264. The maximum Gasteiger partial charge on any atom is 0.316 e. The van der Waals surface area contributed by atoms with E-state index >= 15 is 0 Å². The maximum atomic E-state index is 11.8. The normalized spacial score (nSPS) is 12.2. The Kier molecular flexibility index (Phi) is 4.52. The number of hydrogen-bond acceptors (Lipinski definition) is 2. The van der Waals surface area contributed by atoms with Crippen molar-refractivity contribution in [2.75, 3.05) is 5.32 Å². The van der Waals surface area contributed by atoms with Gasteiger partial charge in [-0.2, -0.15) is 0 Å². The summed E-state index contributed by atoms with van der Waals surface area (Å²) in [7, 11) is 0. The second-order valence-electron chi connectivity index (χ2n) is 4.06. The van der Waals surface area contributed by atoms with Gasteiger partial charge in [0.25, 0.3) is 0 Å². The Hall–Kier alpha value is -1.55. The van der Waals surface area contributed by atoms with Crippen molar-refractivity contribution in [3.8, 4) is 0 Å². The van der Waals surface area contributed by atoms with Crippen molar-refractivity contribution < 1.29 is 14.7 Å². The van der Waals surface area contributed by atoms with Gasteiger partial charge < -0.3 is 10.4 Å². The van der Waals surface area contributed by atoms with Gasteiger partial charge in [0.2, 0.25) is 5.91 Å². The average Bonchev–Trinajstić information content (AvgIpc) is 2.20. The molecule has 1 atom stereocenters. The Bertz CT molecular complexity index is 414. The molecule has 4 nitrogen and oxygen atoms in total. The number of aliphatic carboxylic acids is 1. The summed E-state index contributed by atoms with van der Waals surface area (Å²) < 4.78 is 0. The molecule has 1 unspecified atom stereocenters. The number of carboxylic acid groups (broad SMARTS) is 1. The lowest BCUT2D eigenvalue weighted by Gasteiger charge is -2.15. The molecule has 0 aliphatic rings. The SMILES string of the molecule is CC(C)C(C(=O)O)C(=O)Nc1ccc(Cl)cc1.